The molecular formula is C21H22N6O2. The molecule has 1 aliphatic rings. The van der Waals surface area contributed by atoms with Crippen molar-refractivity contribution in [2.45, 2.75) is 0 Å². The Morgan fingerprint density at radius 2 is 1.72 bits per heavy atom. The molecule has 0 amide bonds. The van der Waals surface area contributed by atoms with Crippen LogP contribution in [0.1, 0.15) is 0 Å². The monoisotopic (exact) mass is 390 g/mol. The van der Waals surface area contributed by atoms with E-state index in [0.717, 1.165) is 53.7 Å². The average Bonchev–Trinajstić information content (AvgIpc) is 3.22. The van der Waals surface area contributed by atoms with Crippen molar-refractivity contribution in [1.82, 2.24) is 25.3 Å². The van der Waals surface area contributed by atoms with Crippen LogP contribution in [0, 0.1) is 0 Å². The number of rotatable bonds is 4. The maximum atomic E-state index is 5.49. The number of fused-ring (bicyclic) bond motifs is 2. The maximum Gasteiger partial charge on any atom is 0.162 e. The van der Waals surface area contributed by atoms with E-state index in [9.17, 15) is 0 Å². The molecule has 0 radical (unpaired) electrons. The molecule has 1 saturated heterocycles. The topological polar surface area (TPSA) is 77.3 Å². The number of methoxy groups -OCH3 is 2. The minimum Gasteiger partial charge on any atom is -0.493 e. The Balaban J connectivity index is 1.69. The first-order chi connectivity index (χ1) is 14.3. The highest BCUT2D eigenvalue weighted by atomic mass is 16.5. The molecule has 8 heteroatoms. The van der Waals surface area contributed by atoms with Gasteiger partial charge in [-0.05, 0) is 18.2 Å². The van der Waals surface area contributed by atoms with Crippen molar-refractivity contribution in [2.75, 3.05) is 45.3 Å². The Morgan fingerprint density at radius 1 is 0.931 bits per heavy atom. The van der Waals surface area contributed by atoms with Gasteiger partial charge in [-0.15, -0.1) is 0 Å². The summed E-state index contributed by atoms with van der Waals surface area (Å²) in [5.41, 5.74) is 3.82. The van der Waals surface area contributed by atoms with Crippen molar-refractivity contribution in [3.05, 3.63) is 42.7 Å². The minimum atomic E-state index is 0.623. The molecule has 4 aromatic rings. The SMILES string of the molecule is COc1cc2nncc(-n3ncc4c(N5CCNCC5)cccc43)c2cc1OC. The molecule has 0 aliphatic carbocycles. The number of nitrogens with one attached hydrogen (secondary N) is 1. The van der Waals surface area contributed by atoms with E-state index in [1.54, 1.807) is 20.4 Å². The molecule has 1 N–H and O–H groups in total. The van der Waals surface area contributed by atoms with Gasteiger partial charge in [0.2, 0.25) is 0 Å². The van der Waals surface area contributed by atoms with E-state index in [1.165, 1.54) is 5.69 Å². The fourth-order valence-electron chi connectivity index (χ4n) is 3.95. The largest absolute Gasteiger partial charge is 0.493 e. The fraction of sp³-hybridized carbons (Fsp3) is 0.286. The molecule has 8 nitrogen and oxygen atoms in total. The zero-order valence-electron chi connectivity index (χ0n) is 16.4. The summed E-state index contributed by atoms with van der Waals surface area (Å²) in [6, 6.07) is 10.1. The van der Waals surface area contributed by atoms with E-state index in [0.29, 0.717) is 11.5 Å². The van der Waals surface area contributed by atoms with Crippen molar-refractivity contribution in [1.29, 1.82) is 0 Å². The van der Waals surface area contributed by atoms with Crippen molar-refractivity contribution < 1.29 is 9.47 Å². The van der Waals surface area contributed by atoms with Gasteiger partial charge in [0.05, 0.1) is 43.3 Å². The zero-order chi connectivity index (χ0) is 19.8. The van der Waals surface area contributed by atoms with Crippen molar-refractivity contribution in [2.24, 2.45) is 0 Å². The van der Waals surface area contributed by atoms with E-state index in [4.69, 9.17) is 14.6 Å². The van der Waals surface area contributed by atoms with Crippen LogP contribution < -0.4 is 19.7 Å². The number of anilines is 1. The lowest BCUT2D eigenvalue weighted by Gasteiger charge is -2.29. The number of hydrogen-bond donors (Lipinski definition) is 1. The van der Waals surface area contributed by atoms with Crippen LogP contribution in [-0.4, -0.2) is 60.4 Å². The summed E-state index contributed by atoms with van der Waals surface area (Å²) in [4.78, 5) is 2.40. The average molecular weight is 390 g/mol. The Bertz CT molecular complexity index is 1180. The summed E-state index contributed by atoms with van der Waals surface area (Å²) in [7, 11) is 3.24. The van der Waals surface area contributed by atoms with Crippen LogP contribution in [0.2, 0.25) is 0 Å². The predicted octanol–water partition coefficient (Wildman–Crippen LogP) is 2.40. The van der Waals surface area contributed by atoms with Crippen molar-refractivity contribution >= 4 is 27.5 Å². The molecule has 1 aliphatic heterocycles. The summed E-state index contributed by atoms with van der Waals surface area (Å²) in [5.74, 6) is 1.27. The van der Waals surface area contributed by atoms with Gasteiger partial charge in [0.15, 0.2) is 11.5 Å². The molecule has 0 saturated carbocycles. The van der Waals surface area contributed by atoms with Gasteiger partial charge < -0.3 is 19.7 Å². The molecule has 0 unspecified atom stereocenters. The molecule has 1 fully saturated rings. The van der Waals surface area contributed by atoms with Crippen LogP contribution in [0.4, 0.5) is 5.69 Å². The number of aromatic nitrogens is 4. The Labute approximate surface area is 168 Å². The van der Waals surface area contributed by atoms with Gasteiger partial charge in [0.1, 0.15) is 0 Å². The molecular weight excluding hydrogens is 368 g/mol. The van der Waals surface area contributed by atoms with Gasteiger partial charge in [-0.1, -0.05) is 6.07 Å². The fourth-order valence-corrected chi connectivity index (χ4v) is 3.95. The van der Waals surface area contributed by atoms with Gasteiger partial charge in [0, 0.05) is 48.7 Å². The van der Waals surface area contributed by atoms with Gasteiger partial charge in [0.25, 0.3) is 0 Å². The van der Waals surface area contributed by atoms with Crippen LogP contribution in [0.5, 0.6) is 11.5 Å². The molecule has 2 aromatic heterocycles. The molecule has 2 aromatic carbocycles. The van der Waals surface area contributed by atoms with E-state index >= 15 is 0 Å². The molecule has 29 heavy (non-hydrogen) atoms. The van der Waals surface area contributed by atoms with Gasteiger partial charge in [-0.2, -0.15) is 15.3 Å². The second kappa shape index (κ2) is 7.21. The smallest absolute Gasteiger partial charge is 0.162 e. The number of ether oxygens (including phenoxy) is 2. The lowest BCUT2D eigenvalue weighted by atomic mass is 10.1. The predicted molar refractivity (Wildman–Crippen MR) is 112 cm³/mol. The molecule has 3 heterocycles. The van der Waals surface area contributed by atoms with E-state index in [-0.39, 0.29) is 0 Å². The van der Waals surface area contributed by atoms with Crippen molar-refractivity contribution in [3.63, 3.8) is 0 Å². The number of benzene rings is 2. The Hall–Kier alpha value is -3.39. The number of hydrogen-bond acceptors (Lipinski definition) is 7. The highest BCUT2D eigenvalue weighted by molar-refractivity contribution is 5.96. The highest BCUT2D eigenvalue weighted by Gasteiger charge is 2.18. The first-order valence-corrected chi connectivity index (χ1v) is 9.60. The summed E-state index contributed by atoms with van der Waals surface area (Å²) in [6.45, 7) is 3.96. The standard InChI is InChI=1S/C21H22N6O2/c1-28-20-10-14-16(11-21(20)29-2)25-23-13-19(14)27-18-5-3-4-17(15(18)12-24-27)26-8-6-22-7-9-26/h3-5,10-13,22H,6-9H2,1-2H3. The van der Waals surface area contributed by atoms with Crippen LogP contribution >= 0.6 is 0 Å². The van der Waals surface area contributed by atoms with E-state index in [1.807, 2.05) is 23.0 Å². The third kappa shape index (κ3) is 2.92. The lowest BCUT2D eigenvalue weighted by molar-refractivity contribution is 0.355. The Morgan fingerprint density at radius 3 is 2.52 bits per heavy atom. The number of piperazine rings is 1. The maximum absolute atomic E-state index is 5.49. The lowest BCUT2D eigenvalue weighted by Crippen LogP contribution is -2.43. The summed E-state index contributed by atoms with van der Waals surface area (Å²) < 4.78 is 12.8. The zero-order valence-corrected chi connectivity index (χ0v) is 16.4. The summed E-state index contributed by atoms with van der Waals surface area (Å²) in [6.07, 6.45) is 3.66. The normalized spacial score (nSPS) is 14.5. The van der Waals surface area contributed by atoms with Crippen LogP contribution in [0.3, 0.4) is 0 Å². The first kappa shape index (κ1) is 17.7. The van der Waals surface area contributed by atoms with E-state index < -0.39 is 0 Å². The third-order valence-electron chi connectivity index (χ3n) is 5.40. The van der Waals surface area contributed by atoms with Gasteiger partial charge in [-0.25, -0.2) is 4.68 Å². The molecule has 0 spiro atoms. The molecule has 0 atom stereocenters. The minimum absolute atomic E-state index is 0.623. The summed E-state index contributed by atoms with van der Waals surface area (Å²) >= 11 is 0. The third-order valence-corrected chi connectivity index (χ3v) is 5.40. The van der Waals surface area contributed by atoms with Crippen molar-refractivity contribution in [3.8, 4) is 17.2 Å². The second-order valence-corrected chi connectivity index (χ2v) is 6.96. The summed E-state index contributed by atoms with van der Waals surface area (Å²) in [5, 5.41) is 18.6. The molecule has 0 bridgehead atoms. The van der Waals surface area contributed by atoms with Crippen LogP contribution in [-0.2, 0) is 0 Å². The first-order valence-electron chi connectivity index (χ1n) is 9.60. The van der Waals surface area contributed by atoms with Gasteiger partial charge >= 0.3 is 0 Å². The Kier molecular flexibility index (Phi) is 4.40. The van der Waals surface area contributed by atoms with Gasteiger partial charge in [-0.3, -0.25) is 0 Å². The van der Waals surface area contributed by atoms with Crippen LogP contribution in [0.15, 0.2) is 42.7 Å². The second-order valence-electron chi connectivity index (χ2n) is 6.96. The molecule has 148 valence electrons. The van der Waals surface area contributed by atoms with Crippen LogP contribution in [0.25, 0.3) is 27.5 Å². The number of nitrogens with zero attached hydrogens (tertiary/aromatic N) is 5. The quantitative estimate of drug-likeness (QED) is 0.573. The molecule has 5 rings (SSSR count). The van der Waals surface area contributed by atoms with E-state index in [2.05, 4.69) is 38.6 Å². The highest BCUT2D eigenvalue weighted by Crippen LogP contribution is 2.35.